The fourth-order valence-corrected chi connectivity index (χ4v) is 2.91. The van der Waals surface area contributed by atoms with Crippen molar-refractivity contribution in [2.75, 3.05) is 6.54 Å². The van der Waals surface area contributed by atoms with E-state index >= 15 is 0 Å². The predicted molar refractivity (Wildman–Crippen MR) is 75.3 cm³/mol. The molecule has 0 aromatic carbocycles. The highest BCUT2D eigenvalue weighted by Gasteiger charge is 2.31. The first-order valence-corrected chi connectivity index (χ1v) is 7.02. The van der Waals surface area contributed by atoms with Crippen molar-refractivity contribution in [2.45, 2.75) is 38.3 Å². The Hall–Kier alpha value is -1.95. The zero-order chi connectivity index (χ0) is 14.1. The molecule has 106 valence electrons. The van der Waals surface area contributed by atoms with Crippen molar-refractivity contribution >= 4 is 11.4 Å². The number of nitrogens with zero attached hydrogens (tertiary/aromatic N) is 4. The number of aromatic nitrogens is 3. The number of fused-ring (bicyclic) bond motifs is 1. The van der Waals surface area contributed by atoms with Crippen LogP contribution >= 0.6 is 0 Å². The monoisotopic (exact) mass is 273 g/mol. The molecule has 2 aromatic rings. The largest absolute Gasteiger partial charge is 0.334 e. The Morgan fingerprint density at radius 3 is 3.10 bits per heavy atom. The standard InChI is InChI=1S/C14H19N5O/c1-10(15)12-4-2-3-6-18(12)14(20)11-8-17-19-7-5-16-9-13(11)19/h5,7-10,12H,2-4,6,15H2,1H3. The minimum absolute atomic E-state index is 0.00926. The quantitative estimate of drug-likeness (QED) is 0.888. The van der Waals surface area contributed by atoms with E-state index in [1.54, 1.807) is 29.3 Å². The molecule has 1 saturated heterocycles. The summed E-state index contributed by atoms with van der Waals surface area (Å²) in [5.41, 5.74) is 7.38. The normalized spacial score (nSPS) is 21.1. The van der Waals surface area contributed by atoms with E-state index in [1.807, 2.05) is 11.8 Å². The minimum atomic E-state index is -0.0146. The molecule has 20 heavy (non-hydrogen) atoms. The third-order valence-electron chi connectivity index (χ3n) is 3.97. The average Bonchev–Trinajstić information content (AvgIpc) is 2.90. The molecule has 6 nitrogen and oxygen atoms in total. The van der Waals surface area contributed by atoms with Crippen molar-refractivity contribution in [3.8, 4) is 0 Å². The second kappa shape index (κ2) is 5.20. The van der Waals surface area contributed by atoms with Gasteiger partial charge in [-0.25, -0.2) is 4.52 Å². The highest BCUT2D eigenvalue weighted by molar-refractivity contribution is 6.00. The van der Waals surface area contributed by atoms with E-state index in [4.69, 9.17) is 5.73 Å². The fraction of sp³-hybridized carbons (Fsp3) is 0.500. The first kappa shape index (κ1) is 13.1. The van der Waals surface area contributed by atoms with Gasteiger partial charge in [-0.05, 0) is 26.2 Å². The molecule has 1 aliphatic rings. The topological polar surface area (TPSA) is 76.5 Å². The molecule has 3 heterocycles. The van der Waals surface area contributed by atoms with Crippen molar-refractivity contribution < 1.29 is 4.79 Å². The maximum absolute atomic E-state index is 12.8. The average molecular weight is 273 g/mol. The molecule has 2 N–H and O–H groups in total. The third kappa shape index (κ3) is 2.16. The SMILES string of the molecule is CC(N)C1CCCCN1C(=O)c1cnn2ccncc12. The molecule has 2 unspecified atom stereocenters. The first-order chi connectivity index (χ1) is 9.68. The van der Waals surface area contributed by atoms with Crippen molar-refractivity contribution in [1.29, 1.82) is 0 Å². The summed E-state index contributed by atoms with van der Waals surface area (Å²) in [6, 6.07) is 0.0992. The van der Waals surface area contributed by atoms with Gasteiger partial charge in [0.05, 0.1) is 23.5 Å². The highest BCUT2D eigenvalue weighted by atomic mass is 16.2. The van der Waals surface area contributed by atoms with E-state index in [2.05, 4.69) is 10.1 Å². The summed E-state index contributed by atoms with van der Waals surface area (Å²) in [6.45, 7) is 2.73. The van der Waals surface area contributed by atoms with Crippen molar-refractivity contribution in [1.82, 2.24) is 19.5 Å². The zero-order valence-electron chi connectivity index (χ0n) is 11.6. The minimum Gasteiger partial charge on any atom is -0.334 e. The number of likely N-dealkylation sites (tertiary alicyclic amines) is 1. The highest BCUT2D eigenvalue weighted by Crippen LogP contribution is 2.22. The van der Waals surface area contributed by atoms with Crippen molar-refractivity contribution in [3.05, 3.63) is 30.4 Å². The van der Waals surface area contributed by atoms with Gasteiger partial charge in [-0.1, -0.05) is 0 Å². The maximum Gasteiger partial charge on any atom is 0.258 e. The molecule has 0 bridgehead atoms. The van der Waals surface area contributed by atoms with E-state index in [-0.39, 0.29) is 18.0 Å². The van der Waals surface area contributed by atoms with E-state index in [1.165, 1.54) is 0 Å². The second-order valence-corrected chi connectivity index (χ2v) is 5.39. The van der Waals surface area contributed by atoms with Crippen LogP contribution in [0.5, 0.6) is 0 Å². The van der Waals surface area contributed by atoms with Gasteiger partial charge >= 0.3 is 0 Å². The van der Waals surface area contributed by atoms with Gasteiger partial charge in [0.1, 0.15) is 0 Å². The van der Waals surface area contributed by atoms with Crippen molar-refractivity contribution in [2.24, 2.45) is 5.73 Å². The summed E-state index contributed by atoms with van der Waals surface area (Å²) >= 11 is 0. The number of carbonyl (C=O) groups excluding carboxylic acids is 1. The lowest BCUT2D eigenvalue weighted by Gasteiger charge is -2.37. The van der Waals surface area contributed by atoms with Crippen LogP contribution in [-0.2, 0) is 0 Å². The molecule has 0 saturated carbocycles. The molecular weight excluding hydrogens is 254 g/mol. The van der Waals surface area contributed by atoms with Crippen LogP contribution in [0.1, 0.15) is 36.5 Å². The summed E-state index contributed by atoms with van der Waals surface area (Å²) in [7, 11) is 0. The van der Waals surface area contributed by atoms with E-state index in [0.717, 1.165) is 31.3 Å². The van der Waals surface area contributed by atoms with Gasteiger partial charge in [0.2, 0.25) is 0 Å². The molecule has 1 amide bonds. The molecule has 6 heteroatoms. The Labute approximate surface area is 117 Å². The molecule has 1 fully saturated rings. The molecule has 0 aliphatic carbocycles. The van der Waals surface area contributed by atoms with Crippen LogP contribution in [-0.4, -0.2) is 44.0 Å². The number of carbonyl (C=O) groups is 1. The lowest BCUT2D eigenvalue weighted by Crippen LogP contribution is -2.51. The van der Waals surface area contributed by atoms with Gasteiger partial charge in [0, 0.05) is 31.0 Å². The summed E-state index contributed by atoms with van der Waals surface area (Å²) in [5.74, 6) is 0.00926. The van der Waals surface area contributed by atoms with E-state index in [0.29, 0.717) is 5.56 Å². The van der Waals surface area contributed by atoms with Crippen LogP contribution in [0.3, 0.4) is 0 Å². The smallest absolute Gasteiger partial charge is 0.258 e. The molecule has 2 atom stereocenters. The van der Waals surface area contributed by atoms with Gasteiger partial charge < -0.3 is 10.6 Å². The number of amides is 1. The number of piperidine rings is 1. The van der Waals surface area contributed by atoms with Gasteiger partial charge in [-0.3, -0.25) is 9.78 Å². The Morgan fingerprint density at radius 2 is 2.30 bits per heavy atom. The third-order valence-corrected chi connectivity index (χ3v) is 3.97. The first-order valence-electron chi connectivity index (χ1n) is 7.02. The van der Waals surface area contributed by atoms with Crippen LogP contribution in [0.4, 0.5) is 0 Å². The van der Waals surface area contributed by atoms with Crippen LogP contribution in [0.15, 0.2) is 24.8 Å². The van der Waals surface area contributed by atoms with Crippen LogP contribution in [0.25, 0.3) is 5.52 Å². The summed E-state index contributed by atoms with van der Waals surface area (Å²) in [6.07, 6.45) is 9.82. The Balaban J connectivity index is 1.94. The summed E-state index contributed by atoms with van der Waals surface area (Å²) < 4.78 is 1.67. The van der Waals surface area contributed by atoms with Gasteiger partial charge in [0.15, 0.2) is 0 Å². The summed E-state index contributed by atoms with van der Waals surface area (Å²) in [4.78, 5) is 18.8. The molecule has 3 rings (SSSR count). The molecular formula is C14H19N5O. The molecule has 2 aromatic heterocycles. The van der Waals surface area contributed by atoms with Crippen LogP contribution < -0.4 is 5.73 Å². The Kier molecular flexibility index (Phi) is 3.40. The van der Waals surface area contributed by atoms with E-state index < -0.39 is 0 Å². The molecule has 0 radical (unpaired) electrons. The Bertz CT molecular complexity index is 621. The number of hydrogen-bond donors (Lipinski definition) is 1. The van der Waals surface area contributed by atoms with Gasteiger partial charge in [0.25, 0.3) is 5.91 Å². The van der Waals surface area contributed by atoms with Gasteiger partial charge in [-0.15, -0.1) is 0 Å². The van der Waals surface area contributed by atoms with Crippen LogP contribution in [0.2, 0.25) is 0 Å². The number of nitrogens with two attached hydrogens (primary N) is 1. The van der Waals surface area contributed by atoms with Gasteiger partial charge in [-0.2, -0.15) is 5.10 Å². The molecule has 1 aliphatic heterocycles. The second-order valence-electron chi connectivity index (χ2n) is 5.39. The lowest BCUT2D eigenvalue weighted by atomic mass is 9.96. The maximum atomic E-state index is 12.8. The molecule has 0 spiro atoms. The lowest BCUT2D eigenvalue weighted by molar-refractivity contribution is 0.0586. The van der Waals surface area contributed by atoms with E-state index in [9.17, 15) is 4.79 Å². The zero-order valence-corrected chi connectivity index (χ0v) is 11.6. The predicted octanol–water partition coefficient (Wildman–Crippen LogP) is 1.07. The number of rotatable bonds is 2. The number of hydrogen-bond acceptors (Lipinski definition) is 4. The Morgan fingerprint density at radius 1 is 1.45 bits per heavy atom. The fourth-order valence-electron chi connectivity index (χ4n) is 2.91. The summed E-state index contributed by atoms with van der Waals surface area (Å²) in [5, 5.41) is 4.20. The van der Waals surface area contributed by atoms with Crippen molar-refractivity contribution in [3.63, 3.8) is 0 Å². The van der Waals surface area contributed by atoms with Crippen LogP contribution in [0, 0.1) is 0 Å².